The van der Waals surface area contributed by atoms with Crippen molar-refractivity contribution in [2.24, 2.45) is 0 Å². The fourth-order valence-corrected chi connectivity index (χ4v) is 5.14. The second-order valence-electron chi connectivity index (χ2n) is 7.38. The Labute approximate surface area is 194 Å². The lowest BCUT2D eigenvalue weighted by atomic mass is 10.2. The first-order valence-electron chi connectivity index (χ1n) is 10.0. The van der Waals surface area contributed by atoms with Gasteiger partial charge in [0.05, 0.1) is 16.4 Å². The third-order valence-corrected chi connectivity index (χ3v) is 7.14. The molecule has 4 rings (SSSR count). The average molecular weight is 484 g/mol. The van der Waals surface area contributed by atoms with E-state index in [2.05, 4.69) is 25.0 Å². The minimum atomic E-state index is -3.78. The quantitative estimate of drug-likeness (QED) is 0.368. The molecule has 0 aliphatic carbocycles. The molecule has 33 heavy (non-hydrogen) atoms. The van der Waals surface area contributed by atoms with Gasteiger partial charge in [-0.15, -0.1) is 11.3 Å². The Morgan fingerprint density at radius 3 is 2.48 bits per heavy atom. The molecule has 9 nitrogen and oxygen atoms in total. The number of esters is 1. The first-order valence-corrected chi connectivity index (χ1v) is 12.3. The molecule has 0 aliphatic rings. The second-order valence-corrected chi connectivity index (χ2v) is 10.1. The number of benzene rings is 1. The van der Waals surface area contributed by atoms with Crippen molar-refractivity contribution < 1.29 is 17.9 Å². The number of fused-ring (bicyclic) bond motifs is 1. The lowest BCUT2D eigenvalue weighted by Crippen LogP contribution is -2.13. The number of sulfonamides is 1. The first kappa shape index (κ1) is 22.6. The molecular weight excluding hydrogens is 462 g/mol. The largest absolute Gasteiger partial charge is 0.459 e. The third-order valence-electron chi connectivity index (χ3n) is 4.59. The summed E-state index contributed by atoms with van der Waals surface area (Å²) >= 11 is 1.25. The van der Waals surface area contributed by atoms with Crippen LogP contribution in [0.15, 0.2) is 59.9 Å². The normalized spacial score (nSPS) is 11.5. The van der Waals surface area contributed by atoms with Crippen molar-refractivity contribution in [1.82, 2.24) is 15.0 Å². The van der Waals surface area contributed by atoms with E-state index in [1.165, 1.54) is 36.0 Å². The molecule has 0 saturated carbocycles. The number of pyridine rings is 1. The van der Waals surface area contributed by atoms with Crippen molar-refractivity contribution in [2.45, 2.75) is 31.8 Å². The van der Waals surface area contributed by atoms with E-state index in [0.717, 1.165) is 5.56 Å². The number of aryl methyl sites for hydroxylation is 1. The molecule has 170 valence electrons. The Balaban J connectivity index is 1.59. The van der Waals surface area contributed by atoms with Gasteiger partial charge in [-0.25, -0.2) is 28.2 Å². The van der Waals surface area contributed by atoms with Gasteiger partial charge < -0.3 is 10.1 Å². The zero-order valence-electron chi connectivity index (χ0n) is 18.1. The van der Waals surface area contributed by atoms with Gasteiger partial charge in [0.15, 0.2) is 0 Å². The minimum Gasteiger partial charge on any atom is -0.459 e. The number of nitrogens with zero attached hydrogens (tertiary/aromatic N) is 3. The number of aromatic nitrogens is 3. The minimum absolute atomic E-state index is 0.0944. The molecule has 3 heterocycles. The van der Waals surface area contributed by atoms with E-state index in [1.807, 2.05) is 6.92 Å². The van der Waals surface area contributed by atoms with Crippen molar-refractivity contribution in [3.8, 4) is 0 Å². The van der Waals surface area contributed by atoms with Crippen LogP contribution < -0.4 is 10.0 Å². The molecular formula is C22H21N5O4S2. The summed E-state index contributed by atoms with van der Waals surface area (Å²) in [6.45, 7) is 5.41. The lowest BCUT2D eigenvalue weighted by molar-refractivity contribution is 0.0383. The highest BCUT2D eigenvalue weighted by molar-refractivity contribution is 7.92. The van der Waals surface area contributed by atoms with Gasteiger partial charge >= 0.3 is 5.97 Å². The molecule has 4 aromatic rings. The van der Waals surface area contributed by atoms with Crippen LogP contribution in [0, 0.1) is 6.92 Å². The predicted octanol–water partition coefficient (Wildman–Crippen LogP) is 4.50. The Morgan fingerprint density at radius 2 is 1.82 bits per heavy atom. The van der Waals surface area contributed by atoms with Crippen LogP contribution in [0.4, 0.5) is 17.3 Å². The van der Waals surface area contributed by atoms with Gasteiger partial charge in [0, 0.05) is 11.9 Å². The SMILES string of the molecule is Cc1c(C(=O)OC(C)C)sc2ncnc(Nc3ccc(S(=O)(=O)Nc4ccccn4)cc3)c12. The topological polar surface area (TPSA) is 123 Å². The zero-order chi connectivity index (χ0) is 23.6. The van der Waals surface area contributed by atoms with Crippen LogP contribution in [0.25, 0.3) is 10.2 Å². The maximum absolute atomic E-state index is 12.6. The van der Waals surface area contributed by atoms with Crippen molar-refractivity contribution in [3.05, 3.63) is 65.4 Å². The molecule has 2 N–H and O–H groups in total. The number of anilines is 3. The van der Waals surface area contributed by atoms with Gasteiger partial charge in [-0.1, -0.05) is 6.07 Å². The standard InChI is InChI=1S/C22H21N5O4S2/c1-13(2)31-22(28)19-14(3)18-20(24-12-25-21(18)32-19)26-15-7-9-16(10-8-15)33(29,30)27-17-6-4-5-11-23-17/h4-13H,1-3H3,(H,23,27)(H,24,25,26). The monoisotopic (exact) mass is 483 g/mol. The van der Waals surface area contributed by atoms with Crippen LogP contribution in [0.1, 0.15) is 29.1 Å². The predicted molar refractivity (Wildman–Crippen MR) is 127 cm³/mol. The van der Waals surface area contributed by atoms with E-state index < -0.39 is 16.0 Å². The van der Waals surface area contributed by atoms with Gasteiger partial charge in [0.1, 0.15) is 27.7 Å². The molecule has 1 aromatic carbocycles. The summed E-state index contributed by atoms with van der Waals surface area (Å²) in [5, 5.41) is 3.90. The van der Waals surface area contributed by atoms with Crippen molar-refractivity contribution in [1.29, 1.82) is 0 Å². The smallest absolute Gasteiger partial charge is 0.348 e. The van der Waals surface area contributed by atoms with Crippen LogP contribution in [0.5, 0.6) is 0 Å². The fourth-order valence-electron chi connectivity index (χ4n) is 3.10. The number of ether oxygens (including phenoxy) is 1. The highest BCUT2D eigenvalue weighted by Crippen LogP contribution is 2.35. The summed E-state index contributed by atoms with van der Waals surface area (Å²) in [7, 11) is -3.78. The number of hydrogen-bond acceptors (Lipinski definition) is 9. The maximum atomic E-state index is 12.6. The van der Waals surface area contributed by atoms with Gasteiger partial charge in [-0.2, -0.15) is 0 Å². The Bertz CT molecular complexity index is 1400. The molecule has 11 heteroatoms. The molecule has 0 unspecified atom stereocenters. The summed E-state index contributed by atoms with van der Waals surface area (Å²) in [5.41, 5.74) is 1.35. The number of thiophene rings is 1. The Kier molecular flexibility index (Phi) is 6.25. The number of rotatable bonds is 7. The fraction of sp³-hybridized carbons (Fsp3) is 0.182. The number of nitrogens with one attached hydrogen (secondary N) is 2. The molecule has 0 spiro atoms. The second kappa shape index (κ2) is 9.12. The first-order chi connectivity index (χ1) is 15.7. The van der Waals surface area contributed by atoms with Crippen molar-refractivity contribution in [2.75, 3.05) is 10.0 Å². The third kappa shape index (κ3) is 4.94. The van der Waals surface area contributed by atoms with Gasteiger partial charge in [0.2, 0.25) is 0 Å². The van der Waals surface area contributed by atoms with Crippen LogP contribution >= 0.6 is 11.3 Å². The molecule has 0 amide bonds. The summed E-state index contributed by atoms with van der Waals surface area (Å²) in [6.07, 6.45) is 2.69. The maximum Gasteiger partial charge on any atom is 0.348 e. The van der Waals surface area contributed by atoms with Crippen LogP contribution in [-0.2, 0) is 14.8 Å². The van der Waals surface area contributed by atoms with E-state index in [4.69, 9.17) is 4.74 Å². The van der Waals surface area contributed by atoms with Crippen LogP contribution in [0.3, 0.4) is 0 Å². The van der Waals surface area contributed by atoms with E-state index in [9.17, 15) is 13.2 Å². The van der Waals surface area contributed by atoms with Gasteiger partial charge in [0.25, 0.3) is 10.0 Å². The summed E-state index contributed by atoms with van der Waals surface area (Å²) in [6, 6.07) is 11.2. The van der Waals surface area contributed by atoms with Crippen LogP contribution in [-0.4, -0.2) is 35.4 Å². The highest BCUT2D eigenvalue weighted by atomic mass is 32.2. The molecule has 0 bridgehead atoms. The van der Waals surface area contributed by atoms with Crippen LogP contribution in [0.2, 0.25) is 0 Å². The summed E-state index contributed by atoms with van der Waals surface area (Å²) in [4.78, 5) is 26.2. The highest BCUT2D eigenvalue weighted by Gasteiger charge is 2.21. The van der Waals surface area contributed by atoms with Gasteiger partial charge in [-0.3, -0.25) is 4.72 Å². The Hall–Kier alpha value is -3.57. The number of hydrogen-bond donors (Lipinski definition) is 2. The summed E-state index contributed by atoms with van der Waals surface area (Å²) in [5.74, 6) is 0.355. The molecule has 3 aromatic heterocycles. The number of carbonyl (C=O) groups is 1. The average Bonchev–Trinajstić information content (AvgIpc) is 3.12. The lowest BCUT2D eigenvalue weighted by Gasteiger charge is -2.10. The number of carbonyl (C=O) groups excluding carboxylic acids is 1. The van der Waals surface area contributed by atoms with Gasteiger partial charge in [-0.05, 0) is 62.7 Å². The van der Waals surface area contributed by atoms with Crippen molar-refractivity contribution in [3.63, 3.8) is 0 Å². The van der Waals surface area contributed by atoms with E-state index >= 15 is 0 Å². The van der Waals surface area contributed by atoms with E-state index in [1.54, 1.807) is 44.2 Å². The molecule has 0 fully saturated rings. The van der Waals surface area contributed by atoms with E-state index in [0.29, 0.717) is 26.6 Å². The zero-order valence-corrected chi connectivity index (χ0v) is 19.7. The summed E-state index contributed by atoms with van der Waals surface area (Å²) < 4.78 is 33.0. The van der Waals surface area contributed by atoms with Crippen molar-refractivity contribution >= 4 is 54.9 Å². The molecule has 0 atom stereocenters. The molecule has 0 saturated heterocycles. The molecule has 0 aliphatic heterocycles. The Morgan fingerprint density at radius 1 is 1.06 bits per heavy atom. The molecule has 0 radical (unpaired) electrons. The van der Waals surface area contributed by atoms with E-state index in [-0.39, 0.29) is 16.8 Å².